The van der Waals surface area contributed by atoms with Gasteiger partial charge >= 0.3 is 0 Å². The minimum absolute atomic E-state index is 0.0869. The Balaban J connectivity index is 2.48. The highest BCUT2D eigenvalue weighted by Crippen LogP contribution is 2.37. The van der Waals surface area contributed by atoms with Crippen LogP contribution in [0, 0.1) is 0 Å². The molecule has 0 amide bonds. The molecule has 1 aliphatic rings. The lowest BCUT2D eigenvalue weighted by Gasteiger charge is -2.11. The monoisotopic (exact) mass is 253 g/mol. The molecule has 0 bridgehead atoms. The molecular formula is C12H15NO3S. The van der Waals surface area contributed by atoms with E-state index in [9.17, 15) is 13.5 Å². The van der Waals surface area contributed by atoms with Gasteiger partial charge in [-0.2, -0.15) is 0 Å². The first-order valence-corrected chi connectivity index (χ1v) is 6.95. The van der Waals surface area contributed by atoms with E-state index in [1.165, 1.54) is 23.6 Å². The third kappa shape index (κ3) is 2.21. The maximum Gasteiger partial charge on any atom is 0.200 e. The van der Waals surface area contributed by atoms with Crippen LogP contribution in [0.15, 0.2) is 28.5 Å². The summed E-state index contributed by atoms with van der Waals surface area (Å²) in [6.07, 6.45) is 0.617. The second kappa shape index (κ2) is 4.16. The van der Waals surface area contributed by atoms with E-state index in [0.717, 1.165) is 5.57 Å². The zero-order valence-corrected chi connectivity index (χ0v) is 10.6. The van der Waals surface area contributed by atoms with Gasteiger partial charge in [-0.1, -0.05) is 0 Å². The van der Waals surface area contributed by atoms with Crippen LogP contribution in [0.5, 0.6) is 5.75 Å². The number of hydrogen-bond acceptors (Lipinski definition) is 4. The molecule has 2 rings (SSSR count). The predicted octanol–water partition coefficient (Wildman–Crippen LogP) is 1.52. The van der Waals surface area contributed by atoms with Crippen LogP contribution < -0.4 is 5.32 Å². The Hall–Kier alpha value is -1.33. The topological polar surface area (TPSA) is 66.4 Å². The van der Waals surface area contributed by atoms with Crippen molar-refractivity contribution in [3.63, 3.8) is 0 Å². The molecule has 0 aromatic heterocycles. The van der Waals surface area contributed by atoms with Crippen LogP contribution in [0.1, 0.15) is 18.9 Å². The smallest absolute Gasteiger partial charge is 0.200 e. The van der Waals surface area contributed by atoms with Gasteiger partial charge in [-0.25, -0.2) is 8.42 Å². The van der Waals surface area contributed by atoms with Crippen molar-refractivity contribution in [1.29, 1.82) is 0 Å². The number of benzene rings is 1. The summed E-state index contributed by atoms with van der Waals surface area (Å²) in [7, 11) is -1.49. The molecule has 0 spiro atoms. The zero-order valence-electron chi connectivity index (χ0n) is 9.77. The van der Waals surface area contributed by atoms with Crippen molar-refractivity contribution >= 4 is 15.4 Å². The van der Waals surface area contributed by atoms with Crippen molar-refractivity contribution in [2.45, 2.75) is 24.3 Å². The number of phenols is 1. The third-order valence-corrected chi connectivity index (χ3v) is 4.50. The maximum atomic E-state index is 11.9. The molecule has 1 aromatic carbocycles. The van der Waals surface area contributed by atoms with Crippen LogP contribution in [0.25, 0.3) is 5.57 Å². The van der Waals surface area contributed by atoms with E-state index in [4.69, 9.17) is 0 Å². The van der Waals surface area contributed by atoms with Gasteiger partial charge in [-0.05, 0) is 44.2 Å². The molecule has 2 N–H and O–H groups in total. The molecule has 1 heterocycles. The lowest BCUT2D eigenvalue weighted by molar-refractivity contribution is 0.474. The van der Waals surface area contributed by atoms with Crippen molar-refractivity contribution in [3.8, 4) is 5.75 Å². The van der Waals surface area contributed by atoms with Crippen molar-refractivity contribution in [2.24, 2.45) is 0 Å². The summed E-state index contributed by atoms with van der Waals surface area (Å²) in [5.74, 6) is 0.0869. The molecule has 0 aliphatic carbocycles. The van der Waals surface area contributed by atoms with Gasteiger partial charge in [-0.3, -0.25) is 0 Å². The van der Waals surface area contributed by atoms with Crippen molar-refractivity contribution in [3.05, 3.63) is 29.2 Å². The molecule has 0 saturated carbocycles. The molecular weight excluding hydrogens is 238 g/mol. The molecule has 92 valence electrons. The van der Waals surface area contributed by atoms with Crippen LogP contribution in [-0.4, -0.2) is 26.6 Å². The van der Waals surface area contributed by atoms with E-state index in [1.807, 2.05) is 14.0 Å². The van der Waals surface area contributed by atoms with Crippen molar-refractivity contribution < 1.29 is 13.5 Å². The Labute approximate surface area is 101 Å². The summed E-state index contributed by atoms with van der Waals surface area (Å²) in [5, 5.41) is 13.8. The molecule has 0 fully saturated rings. The highest BCUT2D eigenvalue weighted by molar-refractivity contribution is 7.95. The number of rotatable bonds is 3. The first kappa shape index (κ1) is 12.1. The van der Waals surface area contributed by atoms with Gasteiger partial charge in [0.1, 0.15) is 5.75 Å². The van der Waals surface area contributed by atoms with Crippen molar-refractivity contribution in [2.75, 3.05) is 7.05 Å². The molecule has 0 radical (unpaired) electrons. The van der Waals surface area contributed by atoms with E-state index in [1.54, 1.807) is 0 Å². The molecule has 4 nitrogen and oxygen atoms in total. The number of phenolic OH excluding ortho intramolecular Hbond substituents is 1. The van der Waals surface area contributed by atoms with Crippen LogP contribution >= 0.6 is 0 Å². The lowest BCUT2D eigenvalue weighted by atomic mass is 10.0. The summed E-state index contributed by atoms with van der Waals surface area (Å²) in [6.45, 7) is 1.98. The number of nitrogens with one attached hydrogen (secondary N) is 1. The van der Waals surface area contributed by atoms with Crippen LogP contribution in [0.2, 0.25) is 0 Å². The van der Waals surface area contributed by atoms with Crippen molar-refractivity contribution in [1.82, 2.24) is 5.32 Å². The minimum Gasteiger partial charge on any atom is -0.508 e. The van der Waals surface area contributed by atoms with Gasteiger partial charge in [0.05, 0.1) is 4.90 Å². The summed E-state index contributed by atoms with van der Waals surface area (Å²) < 4.78 is 23.7. The molecule has 1 aliphatic heterocycles. The highest BCUT2D eigenvalue weighted by Gasteiger charge is 2.27. The Kier molecular flexibility index (Phi) is 2.97. The van der Waals surface area contributed by atoms with Gasteiger partial charge in [0.15, 0.2) is 0 Å². The SMILES string of the molecule is CNC(C)CC1=CS(=O)(=O)c2ccc(O)cc21. The lowest BCUT2D eigenvalue weighted by Crippen LogP contribution is -2.21. The normalized spacial score (nSPS) is 18.6. The summed E-state index contributed by atoms with van der Waals surface area (Å²) >= 11 is 0. The average Bonchev–Trinajstić information content (AvgIpc) is 2.50. The highest BCUT2D eigenvalue weighted by atomic mass is 32.2. The minimum atomic E-state index is -3.33. The molecule has 5 heteroatoms. The zero-order chi connectivity index (χ0) is 12.6. The van der Waals surface area contributed by atoms with Gasteiger partial charge in [0.2, 0.25) is 9.84 Å². The van der Waals surface area contributed by atoms with Gasteiger partial charge in [0.25, 0.3) is 0 Å². The Morgan fingerprint density at radius 2 is 2.12 bits per heavy atom. The Morgan fingerprint density at radius 3 is 2.76 bits per heavy atom. The maximum absolute atomic E-state index is 11.9. The van der Waals surface area contributed by atoms with E-state index in [-0.39, 0.29) is 16.7 Å². The molecule has 1 aromatic rings. The number of hydrogen-bond donors (Lipinski definition) is 2. The molecule has 0 saturated heterocycles. The third-order valence-electron chi connectivity index (χ3n) is 2.93. The second-order valence-corrected chi connectivity index (χ2v) is 6.03. The fourth-order valence-electron chi connectivity index (χ4n) is 1.92. The van der Waals surface area contributed by atoms with Gasteiger partial charge < -0.3 is 10.4 Å². The Bertz CT molecular complexity index is 575. The van der Waals surface area contributed by atoms with E-state index in [2.05, 4.69) is 5.32 Å². The molecule has 17 heavy (non-hydrogen) atoms. The molecule has 1 atom stereocenters. The fourth-order valence-corrected chi connectivity index (χ4v) is 3.40. The van der Waals surface area contributed by atoms with Crippen LogP contribution in [-0.2, 0) is 9.84 Å². The molecule has 1 unspecified atom stereocenters. The van der Waals surface area contributed by atoms with E-state index < -0.39 is 9.84 Å². The number of fused-ring (bicyclic) bond motifs is 1. The fraction of sp³-hybridized carbons (Fsp3) is 0.333. The van der Waals surface area contributed by atoms with E-state index in [0.29, 0.717) is 12.0 Å². The van der Waals surface area contributed by atoms with Crippen LogP contribution in [0.4, 0.5) is 0 Å². The van der Waals surface area contributed by atoms with E-state index >= 15 is 0 Å². The first-order chi connectivity index (χ1) is 7.94. The second-order valence-electron chi connectivity index (χ2n) is 4.26. The predicted molar refractivity (Wildman–Crippen MR) is 66.4 cm³/mol. The summed E-state index contributed by atoms with van der Waals surface area (Å²) in [6, 6.07) is 4.54. The first-order valence-electron chi connectivity index (χ1n) is 5.40. The summed E-state index contributed by atoms with van der Waals surface area (Å²) in [5.41, 5.74) is 1.37. The quantitative estimate of drug-likeness (QED) is 0.857. The average molecular weight is 253 g/mol. The standard InChI is InChI=1S/C12H15NO3S/c1-8(13-2)5-9-7-17(15,16)12-4-3-10(14)6-11(9)12/h3-4,6-8,13-14H,5H2,1-2H3. The Morgan fingerprint density at radius 1 is 1.41 bits per heavy atom. The van der Waals surface area contributed by atoms with Gasteiger partial charge in [-0.15, -0.1) is 0 Å². The number of sulfone groups is 1. The largest absolute Gasteiger partial charge is 0.508 e. The van der Waals surface area contributed by atoms with Crippen LogP contribution in [0.3, 0.4) is 0 Å². The van der Waals surface area contributed by atoms with Gasteiger partial charge in [0, 0.05) is 17.0 Å². The number of aromatic hydroxyl groups is 1. The summed E-state index contributed by atoms with van der Waals surface area (Å²) in [4.78, 5) is 0.286.